The number of hydrogen-bond donors (Lipinski definition) is 2. The number of nitrogens with two attached hydrogens (primary N) is 1. The standard InChI is InChI=1S/C12H14FN3OS/c13-10-7-8(1-2-9(10)12(14)18)16-5-3-11(17)15-4-6-16/h1-2,7H,3-6H2,(H2,14,18)(H,15,17). The highest BCUT2D eigenvalue weighted by Crippen LogP contribution is 2.19. The summed E-state index contributed by atoms with van der Waals surface area (Å²) in [4.78, 5) is 13.2. The van der Waals surface area contributed by atoms with Crippen LogP contribution in [0.5, 0.6) is 0 Å². The molecule has 1 aliphatic rings. The maximum Gasteiger partial charge on any atom is 0.221 e. The third-order valence-electron chi connectivity index (χ3n) is 2.90. The third kappa shape index (κ3) is 2.76. The minimum Gasteiger partial charge on any atom is -0.389 e. The van der Waals surface area contributed by atoms with E-state index in [0.717, 1.165) is 5.69 Å². The number of nitrogens with one attached hydrogen (secondary N) is 1. The average molecular weight is 267 g/mol. The Bertz CT molecular complexity index is 492. The van der Waals surface area contributed by atoms with Gasteiger partial charge in [-0.15, -0.1) is 0 Å². The van der Waals surface area contributed by atoms with Crippen LogP contribution in [0.1, 0.15) is 12.0 Å². The van der Waals surface area contributed by atoms with Crippen molar-refractivity contribution in [3.63, 3.8) is 0 Å². The van der Waals surface area contributed by atoms with Gasteiger partial charge in [0.2, 0.25) is 5.91 Å². The third-order valence-corrected chi connectivity index (χ3v) is 3.12. The summed E-state index contributed by atoms with van der Waals surface area (Å²) < 4.78 is 13.8. The lowest BCUT2D eigenvalue weighted by Crippen LogP contribution is -2.28. The molecule has 1 amide bonds. The van der Waals surface area contributed by atoms with Gasteiger partial charge in [-0.25, -0.2) is 4.39 Å². The molecule has 0 aromatic heterocycles. The van der Waals surface area contributed by atoms with Crippen molar-refractivity contribution in [3.05, 3.63) is 29.6 Å². The maximum absolute atomic E-state index is 13.8. The van der Waals surface area contributed by atoms with Gasteiger partial charge in [-0.1, -0.05) is 12.2 Å². The van der Waals surface area contributed by atoms with Crippen LogP contribution < -0.4 is 16.0 Å². The fourth-order valence-corrected chi connectivity index (χ4v) is 2.09. The van der Waals surface area contributed by atoms with Crippen molar-refractivity contribution in [2.75, 3.05) is 24.5 Å². The fraction of sp³-hybridized carbons (Fsp3) is 0.333. The smallest absolute Gasteiger partial charge is 0.221 e. The summed E-state index contributed by atoms with van der Waals surface area (Å²) in [6.07, 6.45) is 0.415. The summed E-state index contributed by atoms with van der Waals surface area (Å²) in [7, 11) is 0. The number of halogens is 1. The van der Waals surface area contributed by atoms with E-state index in [1.807, 2.05) is 4.90 Å². The zero-order chi connectivity index (χ0) is 13.1. The molecule has 0 unspecified atom stereocenters. The Labute approximate surface area is 110 Å². The molecule has 6 heteroatoms. The van der Waals surface area contributed by atoms with E-state index in [1.54, 1.807) is 12.1 Å². The number of thiocarbonyl (C=S) groups is 1. The van der Waals surface area contributed by atoms with E-state index < -0.39 is 5.82 Å². The Hall–Kier alpha value is -1.69. The summed E-state index contributed by atoms with van der Waals surface area (Å²) >= 11 is 4.76. The highest BCUT2D eigenvalue weighted by molar-refractivity contribution is 7.80. The van der Waals surface area contributed by atoms with Crippen LogP contribution in [0.4, 0.5) is 10.1 Å². The van der Waals surface area contributed by atoms with Crippen LogP contribution in [-0.4, -0.2) is 30.5 Å². The molecule has 0 saturated carbocycles. The Morgan fingerprint density at radius 3 is 2.89 bits per heavy atom. The Morgan fingerprint density at radius 1 is 1.44 bits per heavy atom. The predicted molar refractivity (Wildman–Crippen MR) is 72.1 cm³/mol. The van der Waals surface area contributed by atoms with Crippen molar-refractivity contribution in [1.29, 1.82) is 0 Å². The van der Waals surface area contributed by atoms with E-state index in [0.29, 0.717) is 26.1 Å². The highest BCUT2D eigenvalue weighted by Gasteiger charge is 2.15. The molecule has 18 heavy (non-hydrogen) atoms. The van der Waals surface area contributed by atoms with Crippen LogP contribution in [0.2, 0.25) is 0 Å². The summed E-state index contributed by atoms with van der Waals surface area (Å²) in [5.74, 6) is -0.402. The second-order valence-electron chi connectivity index (χ2n) is 4.12. The molecule has 1 heterocycles. The molecule has 0 aliphatic carbocycles. The van der Waals surface area contributed by atoms with E-state index in [4.69, 9.17) is 18.0 Å². The Balaban J connectivity index is 2.20. The molecule has 0 bridgehead atoms. The zero-order valence-electron chi connectivity index (χ0n) is 9.78. The van der Waals surface area contributed by atoms with E-state index >= 15 is 0 Å². The molecule has 96 valence electrons. The van der Waals surface area contributed by atoms with Crippen molar-refractivity contribution in [3.8, 4) is 0 Å². The van der Waals surface area contributed by atoms with Crippen molar-refractivity contribution in [1.82, 2.24) is 5.32 Å². The predicted octanol–water partition coefficient (Wildman–Crippen LogP) is 0.786. The largest absolute Gasteiger partial charge is 0.389 e. The number of carbonyl (C=O) groups excluding carboxylic acids is 1. The Morgan fingerprint density at radius 2 is 2.22 bits per heavy atom. The molecule has 2 rings (SSSR count). The van der Waals surface area contributed by atoms with E-state index in [1.165, 1.54) is 6.07 Å². The van der Waals surface area contributed by atoms with E-state index in [2.05, 4.69) is 5.32 Å². The molecule has 4 nitrogen and oxygen atoms in total. The zero-order valence-corrected chi connectivity index (χ0v) is 10.6. The lowest BCUT2D eigenvalue weighted by atomic mass is 10.1. The van der Waals surface area contributed by atoms with Gasteiger partial charge >= 0.3 is 0 Å². The van der Waals surface area contributed by atoms with Crippen LogP contribution >= 0.6 is 12.2 Å². The molecule has 1 saturated heterocycles. The maximum atomic E-state index is 13.8. The average Bonchev–Trinajstić information content (AvgIpc) is 2.53. The van der Waals surface area contributed by atoms with Crippen LogP contribution in [0.15, 0.2) is 18.2 Å². The molecular weight excluding hydrogens is 253 g/mol. The summed E-state index contributed by atoms with van der Waals surface area (Å²) in [6.45, 7) is 1.81. The number of rotatable bonds is 2. The second kappa shape index (κ2) is 5.30. The minimum absolute atomic E-state index is 0.0257. The van der Waals surface area contributed by atoms with Crippen LogP contribution in [0.3, 0.4) is 0 Å². The van der Waals surface area contributed by atoms with Crippen LogP contribution in [0.25, 0.3) is 0 Å². The number of anilines is 1. The number of nitrogens with zero attached hydrogens (tertiary/aromatic N) is 1. The first-order chi connectivity index (χ1) is 8.58. The van der Waals surface area contributed by atoms with Gasteiger partial charge in [-0.2, -0.15) is 0 Å². The normalized spacial score (nSPS) is 16.1. The van der Waals surface area contributed by atoms with Crippen molar-refractivity contribution >= 4 is 28.8 Å². The summed E-state index contributed by atoms with van der Waals surface area (Å²) in [6, 6.07) is 4.75. The van der Waals surface area contributed by atoms with Gasteiger partial charge in [0, 0.05) is 37.3 Å². The number of carbonyl (C=O) groups is 1. The number of amides is 1. The highest BCUT2D eigenvalue weighted by atomic mass is 32.1. The first-order valence-electron chi connectivity index (χ1n) is 5.69. The molecule has 0 spiro atoms. The van der Waals surface area contributed by atoms with Crippen molar-refractivity contribution in [2.45, 2.75) is 6.42 Å². The quantitative estimate of drug-likeness (QED) is 0.778. The topological polar surface area (TPSA) is 58.4 Å². The van der Waals surface area contributed by atoms with Crippen molar-refractivity contribution in [2.24, 2.45) is 5.73 Å². The molecule has 1 fully saturated rings. The number of hydrogen-bond acceptors (Lipinski definition) is 3. The lowest BCUT2D eigenvalue weighted by Gasteiger charge is -2.22. The van der Waals surface area contributed by atoms with Crippen molar-refractivity contribution < 1.29 is 9.18 Å². The van der Waals surface area contributed by atoms with Gasteiger partial charge in [0.1, 0.15) is 10.8 Å². The second-order valence-corrected chi connectivity index (χ2v) is 4.56. The first-order valence-corrected chi connectivity index (χ1v) is 6.10. The number of benzene rings is 1. The lowest BCUT2D eigenvalue weighted by molar-refractivity contribution is -0.120. The molecular formula is C12H14FN3OS. The van der Waals surface area contributed by atoms with Gasteiger partial charge in [0.25, 0.3) is 0 Å². The SMILES string of the molecule is NC(=S)c1ccc(N2CCNC(=O)CC2)cc1F. The summed E-state index contributed by atoms with van der Waals surface area (Å²) in [5, 5.41) is 2.77. The molecule has 0 atom stereocenters. The van der Waals surface area contributed by atoms with E-state index in [9.17, 15) is 9.18 Å². The van der Waals surface area contributed by atoms with Crippen LogP contribution in [0, 0.1) is 5.82 Å². The molecule has 1 aromatic carbocycles. The van der Waals surface area contributed by atoms with Gasteiger partial charge in [0.15, 0.2) is 0 Å². The van der Waals surface area contributed by atoms with Gasteiger partial charge < -0.3 is 16.0 Å². The Kier molecular flexibility index (Phi) is 3.76. The minimum atomic E-state index is -0.427. The first kappa shape index (κ1) is 12.8. The monoisotopic (exact) mass is 267 g/mol. The summed E-state index contributed by atoms with van der Waals surface area (Å²) in [5.41, 5.74) is 6.40. The van der Waals surface area contributed by atoms with Gasteiger partial charge in [-0.3, -0.25) is 4.79 Å². The van der Waals surface area contributed by atoms with E-state index in [-0.39, 0.29) is 16.5 Å². The van der Waals surface area contributed by atoms with Gasteiger partial charge in [0.05, 0.1) is 0 Å². The van der Waals surface area contributed by atoms with Gasteiger partial charge in [-0.05, 0) is 18.2 Å². The fourth-order valence-electron chi connectivity index (χ4n) is 1.93. The van der Waals surface area contributed by atoms with Crippen LogP contribution in [-0.2, 0) is 4.79 Å². The molecule has 0 radical (unpaired) electrons. The molecule has 3 N–H and O–H groups in total. The molecule has 1 aromatic rings. The molecule has 1 aliphatic heterocycles.